The number of nitrogens with one attached hydrogen (secondary N) is 1. The summed E-state index contributed by atoms with van der Waals surface area (Å²) in [6, 6.07) is 1.80. The van der Waals surface area contributed by atoms with E-state index in [1.165, 1.54) is 6.20 Å². The number of hydrogen-bond acceptors (Lipinski definition) is 9. The van der Waals surface area contributed by atoms with Crippen LogP contribution in [0.5, 0.6) is 0 Å². The summed E-state index contributed by atoms with van der Waals surface area (Å²) in [5.74, 6) is -0.242. The molecule has 0 spiro atoms. The van der Waals surface area contributed by atoms with Crippen molar-refractivity contribution < 1.29 is 34.0 Å². The largest absolute Gasteiger partial charge is 0.385 e. The van der Waals surface area contributed by atoms with Crippen molar-refractivity contribution in [2.75, 3.05) is 12.1 Å². The van der Waals surface area contributed by atoms with Gasteiger partial charge in [-0.15, -0.1) is 0 Å². The van der Waals surface area contributed by atoms with Crippen LogP contribution in [0.25, 0.3) is 11.0 Å². The predicted octanol–water partition coefficient (Wildman–Crippen LogP) is -2.09. The molecule has 1 saturated heterocycles. The molecular formula is C12H14N5O8P. The minimum Gasteiger partial charge on any atom is -0.385 e. The molecule has 3 heterocycles. The molecule has 140 valence electrons. The Labute approximate surface area is 144 Å². The number of aliphatic hydroxyl groups excluding tert-OH is 2. The number of anilines is 1. The van der Waals surface area contributed by atoms with E-state index < -0.39 is 44.2 Å². The SMILES string of the molecule is N#Cc1cn([C@@H]2O[C@H](OCP(=O)(O)O)C(O)[C@@H]2O)c2nc(N)[nH]c(=O)c12. The van der Waals surface area contributed by atoms with E-state index >= 15 is 0 Å². The van der Waals surface area contributed by atoms with Crippen molar-refractivity contribution in [1.29, 1.82) is 5.26 Å². The number of ether oxygens (including phenoxy) is 2. The van der Waals surface area contributed by atoms with Crippen LogP contribution >= 0.6 is 7.60 Å². The van der Waals surface area contributed by atoms with Crippen LogP contribution in [0.1, 0.15) is 11.8 Å². The average Bonchev–Trinajstić information content (AvgIpc) is 3.04. The third-order valence-electron chi connectivity index (χ3n) is 3.70. The van der Waals surface area contributed by atoms with Crippen LogP contribution < -0.4 is 11.3 Å². The van der Waals surface area contributed by atoms with Crippen LogP contribution in [-0.2, 0) is 14.0 Å². The fourth-order valence-electron chi connectivity index (χ4n) is 2.62. The molecule has 1 fully saturated rings. The minimum atomic E-state index is -4.53. The van der Waals surface area contributed by atoms with Gasteiger partial charge in [0.1, 0.15) is 23.7 Å². The lowest BCUT2D eigenvalue weighted by Crippen LogP contribution is -2.33. The molecule has 0 saturated carbocycles. The van der Waals surface area contributed by atoms with E-state index in [1.54, 1.807) is 6.07 Å². The highest BCUT2D eigenvalue weighted by atomic mass is 31.2. The number of hydrogen-bond donors (Lipinski definition) is 6. The fraction of sp³-hybridized carbons (Fsp3) is 0.417. The molecule has 2 aromatic rings. The highest BCUT2D eigenvalue weighted by Crippen LogP contribution is 2.38. The summed E-state index contributed by atoms with van der Waals surface area (Å²) in [4.78, 5) is 35.8. The van der Waals surface area contributed by atoms with Crippen molar-refractivity contribution >= 4 is 24.6 Å². The van der Waals surface area contributed by atoms with Gasteiger partial charge in [-0.25, -0.2) is 0 Å². The van der Waals surface area contributed by atoms with Gasteiger partial charge >= 0.3 is 7.60 Å². The first kappa shape index (κ1) is 18.5. The Hall–Kier alpha value is -2.30. The quantitative estimate of drug-likeness (QED) is 0.312. The number of nitriles is 1. The fourth-order valence-corrected chi connectivity index (χ4v) is 2.96. The van der Waals surface area contributed by atoms with Crippen LogP contribution in [0.4, 0.5) is 5.95 Å². The minimum absolute atomic E-state index is 0.0707. The Morgan fingerprint density at radius 3 is 2.77 bits per heavy atom. The first-order valence-corrected chi connectivity index (χ1v) is 8.90. The zero-order valence-electron chi connectivity index (χ0n) is 12.9. The van der Waals surface area contributed by atoms with Gasteiger partial charge in [-0.1, -0.05) is 0 Å². The molecule has 0 aliphatic carbocycles. The highest BCUT2D eigenvalue weighted by Gasteiger charge is 2.46. The number of nitrogens with two attached hydrogens (primary N) is 1. The smallest absolute Gasteiger partial charge is 0.351 e. The van der Waals surface area contributed by atoms with E-state index in [1.807, 2.05) is 0 Å². The molecule has 1 aliphatic rings. The van der Waals surface area contributed by atoms with Crippen molar-refractivity contribution in [1.82, 2.24) is 14.5 Å². The molecule has 0 radical (unpaired) electrons. The summed E-state index contributed by atoms with van der Waals surface area (Å²) in [5, 5.41) is 29.3. The lowest BCUT2D eigenvalue weighted by atomic mass is 10.2. The van der Waals surface area contributed by atoms with Crippen molar-refractivity contribution in [2.24, 2.45) is 0 Å². The summed E-state index contributed by atoms with van der Waals surface area (Å²) < 4.78 is 22.1. The van der Waals surface area contributed by atoms with Crippen molar-refractivity contribution in [3.05, 3.63) is 22.1 Å². The molecule has 0 aromatic carbocycles. The summed E-state index contributed by atoms with van der Waals surface area (Å²) >= 11 is 0. The number of aromatic nitrogens is 3. The van der Waals surface area contributed by atoms with Gasteiger partial charge in [-0.2, -0.15) is 10.2 Å². The first-order valence-electron chi connectivity index (χ1n) is 7.10. The number of H-pyrrole nitrogens is 1. The van der Waals surface area contributed by atoms with E-state index in [0.717, 1.165) is 4.57 Å². The molecule has 0 amide bonds. The van der Waals surface area contributed by atoms with Gasteiger partial charge in [0.15, 0.2) is 24.5 Å². The van der Waals surface area contributed by atoms with E-state index in [-0.39, 0.29) is 22.5 Å². The van der Waals surface area contributed by atoms with Crippen molar-refractivity contribution in [3.8, 4) is 6.07 Å². The van der Waals surface area contributed by atoms with Gasteiger partial charge in [0, 0.05) is 6.20 Å². The molecule has 1 aliphatic heterocycles. The maximum Gasteiger partial charge on any atom is 0.351 e. The van der Waals surface area contributed by atoms with Gasteiger partial charge in [-0.3, -0.25) is 14.3 Å². The van der Waals surface area contributed by atoms with E-state index in [0.29, 0.717) is 0 Å². The first-order chi connectivity index (χ1) is 12.1. The van der Waals surface area contributed by atoms with Crippen LogP contribution in [0.15, 0.2) is 11.0 Å². The second kappa shape index (κ2) is 6.45. The Balaban J connectivity index is 2.00. The number of aromatic amines is 1. The van der Waals surface area contributed by atoms with Gasteiger partial charge in [0.25, 0.3) is 5.56 Å². The lowest BCUT2D eigenvalue weighted by molar-refractivity contribution is -0.167. The van der Waals surface area contributed by atoms with Gasteiger partial charge in [0.05, 0.1) is 5.56 Å². The summed E-state index contributed by atoms with van der Waals surface area (Å²) in [7, 11) is -4.53. The van der Waals surface area contributed by atoms with Crippen LogP contribution in [0.3, 0.4) is 0 Å². The molecule has 0 bridgehead atoms. The Morgan fingerprint density at radius 2 is 2.15 bits per heavy atom. The van der Waals surface area contributed by atoms with E-state index in [2.05, 4.69) is 9.97 Å². The molecule has 2 aromatic heterocycles. The molecule has 1 unspecified atom stereocenters. The molecule has 14 heteroatoms. The number of rotatable bonds is 4. The van der Waals surface area contributed by atoms with Crippen LogP contribution in [-0.4, -0.2) is 59.4 Å². The zero-order chi connectivity index (χ0) is 19.2. The van der Waals surface area contributed by atoms with E-state index in [4.69, 9.17) is 25.0 Å². The third-order valence-corrected chi connectivity index (χ3v) is 4.18. The molecule has 26 heavy (non-hydrogen) atoms. The van der Waals surface area contributed by atoms with E-state index in [9.17, 15) is 24.8 Å². The summed E-state index contributed by atoms with van der Waals surface area (Å²) in [6.07, 6.45) is -5.99. The Kier molecular flexibility index (Phi) is 4.59. The molecular weight excluding hydrogens is 373 g/mol. The normalized spacial score (nSPS) is 26.3. The number of aliphatic hydroxyl groups is 2. The molecule has 7 N–H and O–H groups in total. The Morgan fingerprint density at radius 1 is 1.46 bits per heavy atom. The van der Waals surface area contributed by atoms with Gasteiger partial charge in [0.2, 0.25) is 5.95 Å². The second-order valence-corrected chi connectivity index (χ2v) is 7.14. The number of nitrogens with zero attached hydrogens (tertiary/aromatic N) is 3. The summed E-state index contributed by atoms with van der Waals surface area (Å²) in [6.45, 7) is 0. The van der Waals surface area contributed by atoms with Crippen LogP contribution in [0.2, 0.25) is 0 Å². The lowest BCUT2D eigenvalue weighted by Gasteiger charge is -2.17. The standard InChI is InChI=1S/C12H14N5O8P/c13-1-4-2-17(8-5(4)9(20)16-12(14)15-8)10-6(18)7(19)11(25-10)24-3-26(21,22)23/h2,6-7,10-11,18-19H,3H2,(H2,21,22,23)(H3,14,15,16,20)/t6-,7?,10+,11-/m0/s1. The monoisotopic (exact) mass is 387 g/mol. The maximum absolute atomic E-state index is 12.0. The Bertz CT molecular complexity index is 990. The molecule has 4 atom stereocenters. The highest BCUT2D eigenvalue weighted by molar-refractivity contribution is 7.51. The maximum atomic E-state index is 12.0. The van der Waals surface area contributed by atoms with Gasteiger partial charge in [-0.05, 0) is 0 Å². The topological polar surface area (TPSA) is 217 Å². The zero-order valence-corrected chi connectivity index (χ0v) is 13.8. The molecule has 3 rings (SSSR count). The summed E-state index contributed by atoms with van der Waals surface area (Å²) in [5.41, 5.74) is 4.68. The third kappa shape index (κ3) is 3.22. The number of nitrogen functional groups attached to an aromatic ring is 1. The van der Waals surface area contributed by atoms with Crippen molar-refractivity contribution in [3.63, 3.8) is 0 Å². The average molecular weight is 387 g/mol. The van der Waals surface area contributed by atoms with Crippen LogP contribution in [0, 0.1) is 11.3 Å². The van der Waals surface area contributed by atoms with Gasteiger partial charge < -0.3 is 39.8 Å². The predicted molar refractivity (Wildman–Crippen MR) is 83.4 cm³/mol. The number of fused-ring (bicyclic) bond motifs is 1. The second-order valence-electron chi connectivity index (χ2n) is 5.55. The van der Waals surface area contributed by atoms with Crippen molar-refractivity contribution in [2.45, 2.75) is 24.7 Å². The molecule has 13 nitrogen and oxygen atoms in total.